The molecule has 2 fully saturated rings. The van der Waals surface area contributed by atoms with Gasteiger partial charge in [0.2, 0.25) is 17.7 Å². The van der Waals surface area contributed by atoms with E-state index in [-0.39, 0.29) is 36.9 Å². The summed E-state index contributed by atoms with van der Waals surface area (Å²) >= 11 is 0. The van der Waals surface area contributed by atoms with Gasteiger partial charge in [-0.05, 0) is 26.7 Å². The molecule has 4 heterocycles. The Hall–Kier alpha value is -2.19. The van der Waals surface area contributed by atoms with Gasteiger partial charge in [0.05, 0.1) is 17.4 Å². The van der Waals surface area contributed by atoms with Crippen molar-refractivity contribution in [1.82, 2.24) is 14.7 Å². The minimum atomic E-state index is -1.21. The monoisotopic (exact) mass is 445 g/mol. The number of nitrogens with zero attached hydrogens (tertiary/aromatic N) is 3. The van der Waals surface area contributed by atoms with Crippen molar-refractivity contribution in [1.29, 1.82) is 0 Å². The summed E-state index contributed by atoms with van der Waals surface area (Å²) in [7, 11) is 1.73. The van der Waals surface area contributed by atoms with Crippen LogP contribution in [0.25, 0.3) is 0 Å². The quantitative estimate of drug-likeness (QED) is 0.615. The van der Waals surface area contributed by atoms with Gasteiger partial charge in [-0.1, -0.05) is 37.6 Å². The maximum absolute atomic E-state index is 14.0. The molecule has 3 amide bonds. The number of amides is 3. The van der Waals surface area contributed by atoms with Gasteiger partial charge in [-0.15, -0.1) is 0 Å². The Morgan fingerprint density at radius 2 is 1.84 bits per heavy atom. The summed E-state index contributed by atoms with van der Waals surface area (Å²) in [4.78, 5) is 46.2. The minimum Gasteiger partial charge on any atom is -0.396 e. The van der Waals surface area contributed by atoms with Crippen LogP contribution in [-0.4, -0.2) is 94.1 Å². The second kappa shape index (κ2) is 8.30. The molecule has 4 rings (SSSR count). The largest absolute Gasteiger partial charge is 0.396 e. The van der Waals surface area contributed by atoms with E-state index >= 15 is 0 Å². The Kier molecular flexibility index (Phi) is 5.96. The number of rotatable bonds is 6. The first kappa shape index (κ1) is 23.0. The van der Waals surface area contributed by atoms with Crippen molar-refractivity contribution in [3.63, 3.8) is 0 Å². The average Bonchev–Trinajstić information content (AvgIpc) is 3.01. The maximum atomic E-state index is 14.0. The molecule has 176 valence electrons. The van der Waals surface area contributed by atoms with Crippen LogP contribution in [0.1, 0.15) is 40.0 Å². The fourth-order valence-corrected chi connectivity index (χ4v) is 6.11. The lowest BCUT2D eigenvalue weighted by molar-refractivity contribution is -0.153. The van der Waals surface area contributed by atoms with E-state index < -0.39 is 29.1 Å². The molecule has 32 heavy (non-hydrogen) atoms. The summed E-state index contributed by atoms with van der Waals surface area (Å²) in [5, 5.41) is 9.44. The molecule has 8 nitrogen and oxygen atoms in total. The molecule has 8 heteroatoms. The average molecular weight is 446 g/mol. The normalized spacial score (nSPS) is 37.3. The second-order valence-electron chi connectivity index (χ2n) is 9.76. The fourth-order valence-electron chi connectivity index (χ4n) is 6.11. The van der Waals surface area contributed by atoms with Crippen molar-refractivity contribution >= 4 is 17.7 Å². The van der Waals surface area contributed by atoms with Crippen LogP contribution in [0, 0.1) is 11.8 Å². The lowest BCUT2D eigenvalue weighted by Gasteiger charge is -2.38. The lowest BCUT2D eigenvalue weighted by Crippen LogP contribution is -2.57. The summed E-state index contributed by atoms with van der Waals surface area (Å²) in [5.74, 6) is -2.02. The van der Waals surface area contributed by atoms with Crippen molar-refractivity contribution in [2.45, 2.75) is 63.3 Å². The Morgan fingerprint density at radius 3 is 2.53 bits per heavy atom. The van der Waals surface area contributed by atoms with E-state index in [1.165, 1.54) is 0 Å². The first-order chi connectivity index (χ1) is 15.2. The van der Waals surface area contributed by atoms with E-state index in [0.717, 1.165) is 12.8 Å². The minimum absolute atomic E-state index is 0.0243. The first-order valence-corrected chi connectivity index (χ1v) is 11.7. The molecule has 0 saturated carbocycles. The highest BCUT2D eigenvalue weighted by Crippen LogP contribution is 2.57. The highest BCUT2D eigenvalue weighted by Gasteiger charge is 2.74. The van der Waals surface area contributed by atoms with Gasteiger partial charge >= 0.3 is 0 Å². The topological polar surface area (TPSA) is 90.4 Å². The van der Waals surface area contributed by atoms with Gasteiger partial charge in [0.25, 0.3) is 0 Å². The summed E-state index contributed by atoms with van der Waals surface area (Å²) in [5.41, 5.74) is -2.18. The molecular formula is C24H35N3O5. The van der Waals surface area contributed by atoms with E-state index in [1.54, 1.807) is 16.8 Å². The summed E-state index contributed by atoms with van der Waals surface area (Å²) in [6, 6.07) is -0.823. The number of aliphatic hydroxyl groups is 1. The third kappa shape index (κ3) is 3.22. The Balaban J connectivity index is 1.84. The Morgan fingerprint density at radius 1 is 1.12 bits per heavy atom. The van der Waals surface area contributed by atoms with E-state index in [2.05, 4.69) is 6.92 Å². The van der Waals surface area contributed by atoms with Crippen molar-refractivity contribution in [3.8, 4) is 0 Å². The zero-order valence-corrected chi connectivity index (χ0v) is 19.5. The number of ether oxygens (including phenoxy) is 1. The predicted molar refractivity (Wildman–Crippen MR) is 118 cm³/mol. The van der Waals surface area contributed by atoms with Crippen LogP contribution in [0.3, 0.4) is 0 Å². The number of fused-ring (bicyclic) bond motifs is 2. The molecule has 0 aliphatic carbocycles. The molecule has 2 saturated heterocycles. The molecule has 1 spiro atoms. The van der Waals surface area contributed by atoms with Gasteiger partial charge < -0.3 is 24.5 Å². The number of carbonyl (C=O) groups excluding carboxylic acids is 3. The van der Waals surface area contributed by atoms with E-state index in [0.29, 0.717) is 19.5 Å². The van der Waals surface area contributed by atoms with Crippen LogP contribution in [0.2, 0.25) is 0 Å². The summed E-state index contributed by atoms with van der Waals surface area (Å²) in [6.07, 6.45) is 9.75. The van der Waals surface area contributed by atoms with Crippen LogP contribution >= 0.6 is 0 Å². The molecular weight excluding hydrogens is 410 g/mol. The number of likely N-dealkylation sites (N-methyl/N-ethyl adjacent to an activating group) is 1. The Labute approximate surface area is 189 Å². The molecule has 0 radical (unpaired) electrons. The molecule has 0 aromatic carbocycles. The van der Waals surface area contributed by atoms with Crippen molar-refractivity contribution in [2.75, 3.05) is 33.3 Å². The summed E-state index contributed by atoms with van der Waals surface area (Å²) < 4.78 is 6.69. The molecule has 0 bridgehead atoms. The molecule has 0 aromatic rings. The van der Waals surface area contributed by atoms with Gasteiger partial charge in [0, 0.05) is 39.3 Å². The zero-order chi connectivity index (χ0) is 23.3. The molecule has 4 aliphatic rings. The van der Waals surface area contributed by atoms with Gasteiger partial charge in [0.15, 0.2) is 0 Å². The van der Waals surface area contributed by atoms with E-state index in [4.69, 9.17) is 4.74 Å². The molecule has 1 N–H and O–H groups in total. The molecule has 6 atom stereocenters. The third-order valence-electron chi connectivity index (χ3n) is 7.59. The van der Waals surface area contributed by atoms with Crippen LogP contribution in [-0.2, 0) is 19.1 Å². The third-order valence-corrected chi connectivity index (χ3v) is 7.59. The lowest BCUT2D eigenvalue weighted by atomic mass is 9.74. The molecule has 0 aromatic heterocycles. The fraction of sp³-hybridized carbons (Fsp3) is 0.708. The van der Waals surface area contributed by atoms with Crippen LogP contribution < -0.4 is 0 Å². The maximum Gasteiger partial charge on any atom is 0.249 e. The highest BCUT2D eigenvalue weighted by molar-refractivity contribution is 6.00. The summed E-state index contributed by atoms with van der Waals surface area (Å²) in [6.45, 7) is 7.03. The van der Waals surface area contributed by atoms with E-state index in [1.807, 2.05) is 43.1 Å². The SMILES string of the molecule is CCCC(C)N1CC=C[C@]23O[C@]4(C)C=CCN(C)C(=O)[C@@H]4[C@H]2C(=O)N(CCCO)C3C1=O. The zero-order valence-electron chi connectivity index (χ0n) is 19.5. The highest BCUT2D eigenvalue weighted by atomic mass is 16.5. The molecule has 2 unspecified atom stereocenters. The number of carbonyl (C=O) groups is 3. The Bertz CT molecular complexity index is 857. The van der Waals surface area contributed by atoms with Gasteiger partial charge in [0.1, 0.15) is 11.6 Å². The van der Waals surface area contributed by atoms with Crippen molar-refractivity contribution < 1.29 is 24.2 Å². The van der Waals surface area contributed by atoms with Crippen LogP contribution in [0.4, 0.5) is 0 Å². The number of aliphatic hydroxyl groups excluding tert-OH is 1. The molecule has 4 aliphatic heterocycles. The predicted octanol–water partition coefficient (Wildman–Crippen LogP) is 0.955. The van der Waals surface area contributed by atoms with Gasteiger partial charge in [-0.3, -0.25) is 14.4 Å². The van der Waals surface area contributed by atoms with E-state index in [9.17, 15) is 19.5 Å². The van der Waals surface area contributed by atoms with Gasteiger partial charge in [-0.25, -0.2) is 0 Å². The number of likely N-dealkylation sites (tertiary alicyclic amines) is 1. The van der Waals surface area contributed by atoms with Crippen molar-refractivity contribution in [2.24, 2.45) is 11.8 Å². The van der Waals surface area contributed by atoms with Crippen LogP contribution in [0.15, 0.2) is 24.3 Å². The standard InChI is InChI=1S/C24H35N3O5/c1-5-9-16(2)26-13-7-11-24-18(21(30)27(14-8-15-28)19(24)22(26)31)17-20(29)25(4)12-6-10-23(17,3)32-24/h6-7,10-11,16-19,28H,5,8-9,12-15H2,1-4H3/t16?,17-,18-,19?,23+,24-/m0/s1. The smallest absolute Gasteiger partial charge is 0.249 e. The number of hydrogen-bond donors (Lipinski definition) is 1. The van der Waals surface area contributed by atoms with Gasteiger partial charge in [-0.2, -0.15) is 0 Å². The van der Waals surface area contributed by atoms with Crippen LogP contribution in [0.5, 0.6) is 0 Å². The second-order valence-corrected chi connectivity index (χ2v) is 9.76. The first-order valence-electron chi connectivity index (χ1n) is 11.7. The van der Waals surface area contributed by atoms with Crippen molar-refractivity contribution in [3.05, 3.63) is 24.3 Å². The number of hydrogen-bond acceptors (Lipinski definition) is 5.